The summed E-state index contributed by atoms with van der Waals surface area (Å²) in [6, 6.07) is 5.60. The summed E-state index contributed by atoms with van der Waals surface area (Å²) >= 11 is 11.7. The third kappa shape index (κ3) is 3.79. The fraction of sp³-hybridized carbons (Fsp3) is 0.455. The van der Waals surface area contributed by atoms with Gasteiger partial charge in [0.15, 0.2) is 0 Å². The summed E-state index contributed by atoms with van der Waals surface area (Å²) in [6.07, 6.45) is 1.42. The molecule has 1 N–H and O–H groups in total. The summed E-state index contributed by atoms with van der Waals surface area (Å²) in [6.45, 7) is 2.59. The van der Waals surface area contributed by atoms with Crippen LogP contribution in [0.15, 0.2) is 18.2 Å². The standard InChI is InChI=1S/C11H13Cl2NO.ClH/c12-10-2-1-8(5-11(10)13)7-15-9-3-4-14-6-9;/h1-2,5,9,14H,3-4,6-7H2;1H/t9-;/m0./s1. The van der Waals surface area contributed by atoms with Crippen molar-refractivity contribution in [2.75, 3.05) is 13.1 Å². The Kier molecular flexibility index (Phi) is 5.87. The molecule has 1 heterocycles. The summed E-state index contributed by atoms with van der Waals surface area (Å²) in [5.74, 6) is 0. The molecule has 1 saturated heterocycles. The molecule has 1 aliphatic heterocycles. The number of hydrogen-bond donors (Lipinski definition) is 1. The highest BCUT2D eigenvalue weighted by molar-refractivity contribution is 6.42. The maximum absolute atomic E-state index is 5.91. The van der Waals surface area contributed by atoms with Gasteiger partial charge in [-0.1, -0.05) is 29.3 Å². The zero-order valence-electron chi connectivity index (χ0n) is 8.71. The highest BCUT2D eigenvalue weighted by Gasteiger charge is 2.14. The maximum atomic E-state index is 5.91. The van der Waals surface area contributed by atoms with Crippen molar-refractivity contribution in [3.8, 4) is 0 Å². The van der Waals surface area contributed by atoms with E-state index in [2.05, 4.69) is 5.32 Å². The molecule has 0 saturated carbocycles. The molecule has 1 atom stereocenters. The molecule has 0 unspecified atom stereocenters. The van der Waals surface area contributed by atoms with E-state index < -0.39 is 0 Å². The number of halogens is 3. The molecule has 1 aromatic carbocycles. The zero-order chi connectivity index (χ0) is 10.7. The first kappa shape index (κ1) is 14.1. The van der Waals surface area contributed by atoms with Crippen molar-refractivity contribution in [2.24, 2.45) is 0 Å². The SMILES string of the molecule is Cl.Clc1ccc(CO[C@H]2CCNC2)cc1Cl. The Balaban J connectivity index is 0.00000128. The van der Waals surface area contributed by atoms with Gasteiger partial charge in [-0.3, -0.25) is 0 Å². The monoisotopic (exact) mass is 281 g/mol. The average Bonchev–Trinajstić information content (AvgIpc) is 2.73. The van der Waals surface area contributed by atoms with Crippen LogP contribution in [0.4, 0.5) is 0 Å². The lowest BCUT2D eigenvalue weighted by Gasteiger charge is -2.10. The molecule has 1 fully saturated rings. The van der Waals surface area contributed by atoms with Gasteiger partial charge in [0, 0.05) is 6.54 Å². The minimum Gasteiger partial charge on any atom is -0.372 e. The van der Waals surface area contributed by atoms with Crippen molar-refractivity contribution >= 4 is 35.6 Å². The second kappa shape index (κ2) is 6.67. The first-order valence-corrected chi connectivity index (χ1v) is 5.77. The van der Waals surface area contributed by atoms with Gasteiger partial charge in [-0.05, 0) is 30.7 Å². The third-order valence-electron chi connectivity index (χ3n) is 2.48. The Morgan fingerprint density at radius 1 is 1.31 bits per heavy atom. The molecule has 0 aromatic heterocycles. The predicted molar refractivity (Wildman–Crippen MR) is 69.8 cm³/mol. The fourth-order valence-electron chi connectivity index (χ4n) is 1.61. The molecule has 0 bridgehead atoms. The number of benzene rings is 1. The van der Waals surface area contributed by atoms with Crippen molar-refractivity contribution in [3.63, 3.8) is 0 Å². The molecular formula is C11H14Cl3NO. The van der Waals surface area contributed by atoms with Crippen molar-refractivity contribution in [2.45, 2.75) is 19.1 Å². The molecule has 1 aromatic rings. The van der Waals surface area contributed by atoms with Gasteiger partial charge in [0.1, 0.15) is 0 Å². The Morgan fingerprint density at radius 3 is 2.75 bits per heavy atom. The fourth-order valence-corrected chi connectivity index (χ4v) is 1.93. The smallest absolute Gasteiger partial charge is 0.0721 e. The normalized spacial score (nSPS) is 19.5. The molecule has 2 rings (SSSR count). The molecule has 0 spiro atoms. The second-order valence-corrected chi connectivity index (χ2v) is 4.49. The van der Waals surface area contributed by atoms with E-state index in [4.69, 9.17) is 27.9 Å². The van der Waals surface area contributed by atoms with E-state index in [9.17, 15) is 0 Å². The van der Waals surface area contributed by atoms with Crippen LogP contribution in [0.2, 0.25) is 10.0 Å². The van der Waals surface area contributed by atoms with Crippen molar-refractivity contribution in [1.82, 2.24) is 5.32 Å². The lowest BCUT2D eigenvalue weighted by Crippen LogP contribution is -2.16. The summed E-state index contributed by atoms with van der Waals surface area (Å²) in [5.41, 5.74) is 1.07. The van der Waals surface area contributed by atoms with Crippen molar-refractivity contribution < 1.29 is 4.74 Å². The third-order valence-corrected chi connectivity index (χ3v) is 3.22. The van der Waals surface area contributed by atoms with E-state index in [1.54, 1.807) is 6.07 Å². The van der Waals surface area contributed by atoms with Gasteiger partial charge >= 0.3 is 0 Å². The van der Waals surface area contributed by atoms with Crippen LogP contribution in [0.25, 0.3) is 0 Å². The van der Waals surface area contributed by atoms with Crippen molar-refractivity contribution in [1.29, 1.82) is 0 Å². The van der Waals surface area contributed by atoms with Crippen LogP contribution in [0.5, 0.6) is 0 Å². The lowest BCUT2D eigenvalue weighted by molar-refractivity contribution is 0.0542. The van der Waals surface area contributed by atoms with Gasteiger partial charge in [0.2, 0.25) is 0 Å². The number of hydrogen-bond acceptors (Lipinski definition) is 2. The number of ether oxygens (including phenoxy) is 1. The topological polar surface area (TPSA) is 21.3 Å². The minimum atomic E-state index is 0. The molecule has 90 valence electrons. The Morgan fingerprint density at radius 2 is 2.12 bits per heavy atom. The van der Waals surface area contributed by atoms with Crippen LogP contribution in [-0.2, 0) is 11.3 Å². The molecule has 5 heteroatoms. The van der Waals surface area contributed by atoms with Gasteiger partial charge in [-0.25, -0.2) is 0 Å². The molecule has 0 radical (unpaired) electrons. The van der Waals surface area contributed by atoms with E-state index in [1.807, 2.05) is 12.1 Å². The Hall–Kier alpha value is 0.01000. The van der Waals surface area contributed by atoms with Gasteiger partial charge in [0.25, 0.3) is 0 Å². The van der Waals surface area contributed by atoms with E-state index in [-0.39, 0.29) is 12.4 Å². The second-order valence-electron chi connectivity index (χ2n) is 3.67. The molecule has 2 nitrogen and oxygen atoms in total. The highest BCUT2D eigenvalue weighted by Crippen LogP contribution is 2.23. The van der Waals surface area contributed by atoms with E-state index >= 15 is 0 Å². The number of nitrogens with one attached hydrogen (secondary N) is 1. The molecule has 16 heavy (non-hydrogen) atoms. The predicted octanol–water partition coefficient (Wildman–Crippen LogP) is 3.29. The van der Waals surface area contributed by atoms with Gasteiger partial charge < -0.3 is 10.1 Å². The first-order chi connectivity index (χ1) is 7.25. The largest absolute Gasteiger partial charge is 0.372 e. The van der Waals surface area contributed by atoms with Crippen LogP contribution in [0, 0.1) is 0 Å². The Bertz CT molecular complexity index is 340. The highest BCUT2D eigenvalue weighted by atomic mass is 35.5. The minimum absolute atomic E-state index is 0. The molecule has 0 amide bonds. The first-order valence-electron chi connectivity index (χ1n) is 5.02. The van der Waals surface area contributed by atoms with Crippen LogP contribution in [0.3, 0.4) is 0 Å². The quantitative estimate of drug-likeness (QED) is 0.918. The van der Waals surface area contributed by atoms with Crippen LogP contribution < -0.4 is 5.32 Å². The zero-order valence-corrected chi connectivity index (χ0v) is 11.0. The van der Waals surface area contributed by atoms with E-state index in [1.165, 1.54) is 0 Å². The van der Waals surface area contributed by atoms with Gasteiger partial charge in [-0.15, -0.1) is 12.4 Å². The Labute approximate surface area is 112 Å². The van der Waals surface area contributed by atoms with Crippen molar-refractivity contribution in [3.05, 3.63) is 33.8 Å². The van der Waals surface area contributed by atoms with E-state index in [0.29, 0.717) is 22.8 Å². The van der Waals surface area contributed by atoms with Crippen LogP contribution >= 0.6 is 35.6 Å². The molecule has 0 aliphatic carbocycles. The summed E-state index contributed by atoms with van der Waals surface area (Å²) in [4.78, 5) is 0. The summed E-state index contributed by atoms with van der Waals surface area (Å²) < 4.78 is 5.72. The molecule has 1 aliphatic rings. The maximum Gasteiger partial charge on any atom is 0.0721 e. The summed E-state index contributed by atoms with van der Waals surface area (Å²) in [5, 5.41) is 4.43. The van der Waals surface area contributed by atoms with E-state index in [0.717, 1.165) is 25.1 Å². The van der Waals surface area contributed by atoms with Gasteiger partial charge in [-0.2, -0.15) is 0 Å². The van der Waals surface area contributed by atoms with Gasteiger partial charge in [0.05, 0.1) is 22.8 Å². The number of rotatable bonds is 3. The lowest BCUT2D eigenvalue weighted by atomic mass is 10.2. The molecular weight excluding hydrogens is 268 g/mol. The van der Waals surface area contributed by atoms with Crippen LogP contribution in [0.1, 0.15) is 12.0 Å². The average molecular weight is 283 g/mol. The van der Waals surface area contributed by atoms with Crippen LogP contribution in [-0.4, -0.2) is 19.2 Å². The summed E-state index contributed by atoms with van der Waals surface area (Å²) in [7, 11) is 0.